The molecular formula is C18H15NO. The first-order valence-corrected chi connectivity index (χ1v) is 6.60. The molecule has 1 N–H and O–H groups in total. The second kappa shape index (κ2) is 5.57. The standard InChI is InChI=1S/C18H15NO/c20-18-11-5-14(6-12-18)13-19-17-9-7-16(8-10-17)15-3-1-2-4-15/h1-3,5-13,20H,4H2. The SMILES string of the molecule is Oc1ccc(C=Nc2ccc(C3=CC=CC3)cc2)cc1. The van der Waals surface area contributed by atoms with Crippen LogP contribution in [0.4, 0.5) is 5.69 Å². The third-order valence-corrected chi connectivity index (χ3v) is 3.27. The molecule has 0 radical (unpaired) electrons. The zero-order valence-corrected chi connectivity index (χ0v) is 11.0. The van der Waals surface area contributed by atoms with E-state index in [1.54, 1.807) is 18.3 Å². The van der Waals surface area contributed by atoms with Crippen molar-refractivity contribution in [2.75, 3.05) is 0 Å². The van der Waals surface area contributed by atoms with Crippen LogP contribution < -0.4 is 0 Å². The number of phenolic OH excluding ortho intramolecular Hbond substituents is 1. The summed E-state index contributed by atoms with van der Waals surface area (Å²) in [5.41, 5.74) is 4.49. The number of aromatic hydroxyl groups is 1. The Morgan fingerprint density at radius 3 is 2.35 bits per heavy atom. The van der Waals surface area contributed by atoms with Crippen LogP contribution in [0, 0.1) is 0 Å². The normalized spacial score (nSPS) is 13.9. The van der Waals surface area contributed by atoms with Gasteiger partial charge in [0.05, 0.1) is 5.69 Å². The molecule has 20 heavy (non-hydrogen) atoms. The van der Waals surface area contributed by atoms with Crippen molar-refractivity contribution in [3.8, 4) is 5.75 Å². The van der Waals surface area contributed by atoms with Crippen LogP contribution in [0.5, 0.6) is 5.75 Å². The molecule has 2 aromatic rings. The second-order valence-corrected chi connectivity index (χ2v) is 4.72. The average molecular weight is 261 g/mol. The number of hydrogen-bond acceptors (Lipinski definition) is 2. The molecule has 0 unspecified atom stereocenters. The van der Waals surface area contributed by atoms with Gasteiger partial charge in [-0.1, -0.05) is 30.4 Å². The molecule has 0 spiro atoms. The highest BCUT2D eigenvalue weighted by Crippen LogP contribution is 2.25. The van der Waals surface area contributed by atoms with Gasteiger partial charge in [0.25, 0.3) is 0 Å². The number of rotatable bonds is 3. The van der Waals surface area contributed by atoms with Crippen molar-refractivity contribution in [2.45, 2.75) is 6.42 Å². The first kappa shape index (κ1) is 12.4. The molecule has 0 saturated carbocycles. The number of hydrogen-bond donors (Lipinski definition) is 1. The van der Waals surface area contributed by atoms with Crippen molar-refractivity contribution in [1.29, 1.82) is 0 Å². The molecule has 3 rings (SSSR count). The van der Waals surface area contributed by atoms with Gasteiger partial charge in [-0.25, -0.2) is 0 Å². The van der Waals surface area contributed by atoms with Gasteiger partial charge in [-0.2, -0.15) is 0 Å². The van der Waals surface area contributed by atoms with Crippen molar-refractivity contribution >= 4 is 17.5 Å². The smallest absolute Gasteiger partial charge is 0.115 e. The summed E-state index contributed by atoms with van der Waals surface area (Å²) in [6.07, 6.45) is 9.20. The van der Waals surface area contributed by atoms with E-state index < -0.39 is 0 Å². The third-order valence-electron chi connectivity index (χ3n) is 3.27. The molecule has 2 aromatic carbocycles. The summed E-state index contributed by atoms with van der Waals surface area (Å²) < 4.78 is 0. The Balaban J connectivity index is 1.73. The van der Waals surface area contributed by atoms with Crippen LogP contribution in [-0.4, -0.2) is 11.3 Å². The Morgan fingerprint density at radius 2 is 1.70 bits per heavy atom. The zero-order chi connectivity index (χ0) is 13.8. The average Bonchev–Trinajstić information content (AvgIpc) is 3.01. The van der Waals surface area contributed by atoms with Gasteiger partial charge >= 0.3 is 0 Å². The Morgan fingerprint density at radius 1 is 0.950 bits per heavy atom. The van der Waals surface area contributed by atoms with E-state index in [2.05, 4.69) is 35.4 Å². The topological polar surface area (TPSA) is 32.6 Å². The highest BCUT2D eigenvalue weighted by Gasteiger charge is 2.02. The third kappa shape index (κ3) is 2.86. The van der Waals surface area contributed by atoms with Gasteiger partial charge in [-0.05, 0) is 59.5 Å². The molecule has 0 aromatic heterocycles. The molecule has 0 aliphatic heterocycles. The van der Waals surface area contributed by atoms with Crippen molar-refractivity contribution in [3.63, 3.8) is 0 Å². The van der Waals surface area contributed by atoms with E-state index in [-0.39, 0.29) is 5.75 Å². The minimum Gasteiger partial charge on any atom is -0.508 e. The van der Waals surface area contributed by atoms with Crippen LogP contribution in [0.2, 0.25) is 0 Å². The summed E-state index contributed by atoms with van der Waals surface area (Å²) in [7, 11) is 0. The summed E-state index contributed by atoms with van der Waals surface area (Å²) in [6.45, 7) is 0. The number of nitrogens with zero attached hydrogens (tertiary/aromatic N) is 1. The van der Waals surface area contributed by atoms with Gasteiger partial charge in [0.15, 0.2) is 0 Å². The summed E-state index contributed by atoms with van der Waals surface area (Å²) in [5.74, 6) is 0.268. The molecule has 1 aliphatic rings. The Labute approximate surface area is 118 Å². The highest BCUT2D eigenvalue weighted by atomic mass is 16.3. The van der Waals surface area contributed by atoms with E-state index in [4.69, 9.17) is 0 Å². The number of phenols is 1. The maximum atomic E-state index is 9.22. The van der Waals surface area contributed by atoms with Crippen LogP contribution in [0.1, 0.15) is 17.5 Å². The molecular weight excluding hydrogens is 246 g/mol. The molecule has 0 amide bonds. The van der Waals surface area contributed by atoms with E-state index in [0.29, 0.717) is 0 Å². The zero-order valence-electron chi connectivity index (χ0n) is 11.0. The quantitative estimate of drug-likeness (QED) is 0.811. The van der Waals surface area contributed by atoms with Crippen LogP contribution in [0.3, 0.4) is 0 Å². The lowest BCUT2D eigenvalue weighted by molar-refractivity contribution is 0.475. The summed E-state index contributed by atoms with van der Waals surface area (Å²) >= 11 is 0. The lowest BCUT2D eigenvalue weighted by Crippen LogP contribution is -1.81. The molecule has 2 heteroatoms. The van der Waals surface area contributed by atoms with Gasteiger partial charge in [-0.3, -0.25) is 4.99 Å². The highest BCUT2D eigenvalue weighted by molar-refractivity contribution is 5.82. The first-order valence-electron chi connectivity index (χ1n) is 6.60. The molecule has 0 saturated heterocycles. The fourth-order valence-electron chi connectivity index (χ4n) is 2.13. The van der Waals surface area contributed by atoms with E-state index >= 15 is 0 Å². The van der Waals surface area contributed by atoms with Crippen LogP contribution >= 0.6 is 0 Å². The van der Waals surface area contributed by atoms with Crippen molar-refractivity contribution in [1.82, 2.24) is 0 Å². The Kier molecular flexibility index (Phi) is 3.46. The number of aliphatic imine (C=N–C) groups is 1. The predicted octanol–water partition coefficient (Wildman–Crippen LogP) is 4.49. The maximum absolute atomic E-state index is 9.22. The molecule has 0 atom stereocenters. The molecule has 1 aliphatic carbocycles. The molecule has 98 valence electrons. The Bertz CT molecular complexity index is 676. The fourth-order valence-corrected chi connectivity index (χ4v) is 2.13. The largest absolute Gasteiger partial charge is 0.508 e. The van der Waals surface area contributed by atoms with E-state index in [9.17, 15) is 5.11 Å². The summed E-state index contributed by atoms with van der Waals surface area (Å²) in [6, 6.07) is 15.2. The molecule has 0 heterocycles. The monoisotopic (exact) mass is 261 g/mol. The van der Waals surface area contributed by atoms with Crippen molar-refractivity contribution in [3.05, 3.63) is 77.9 Å². The van der Waals surface area contributed by atoms with Gasteiger partial charge in [0, 0.05) is 6.21 Å². The molecule has 0 bridgehead atoms. The lowest BCUT2D eigenvalue weighted by atomic mass is 10.1. The summed E-state index contributed by atoms with van der Waals surface area (Å²) in [4.78, 5) is 4.43. The van der Waals surface area contributed by atoms with Crippen LogP contribution in [-0.2, 0) is 0 Å². The maximum Gasteiger partial charge on any atom is 0.115 e. The number of benzene rings is 2. The van der Waals surface area contributed by atoms with Crippen LogP contribution in [0.15, 0.2) is 71.8 Å². The Hall–Kier alpha value is -2.61. The van der Waals surface area contributed by atoms with Gasteiger partial charge in [0.2, 0.25) is 0 Å². The fraction of sp³-hybridized carbons (Fsp3) is 0.0556. The van der Waals surface area contributed by atoms with Gasteiger partial charge in [-0.15, -0.1) is 0 Å². The second-order valence-electron chi connectivity index (χ2n) is 4.72. The minimum atomic E-state index is 0.268. The lowest BCUT2D eigenvalue weighted by Gasteiger charge is -2.02. The van der Waals surface area contributed by atoms with Crippen molar-refractivity contribution in [2.24, 2.45) is 4.99 Å². The van der Waals surface area contributed by atoms with Gasteiger partial charge < -0.3 is 5.11 Å². The minimum absolute atomic E-state index is 0.268. The van der Waals surface area contributed by atoms with E-state index in [1.807, 2.05) is 24.3 Å². The first-order chi connectivity index (χ1) is 9.81. The van der Waals surface area contributed by atoms with Gasteiger partial charge in [0.1, 0.15) is 5.75 Å². The van der Waals surface area contributed by atoms with E-state index in [1.165, 1.54) is 11.1 Å². The van der Waals surface area contributed by atoms with Crippen molar-refractivity contribution < 1.29 is 5.11 Å². The number of allylic oxidation sites excluding steroid dienone is 4. The molecule has 0 fully saturated rings. The van der Waals surface area contributed by atoms with Crippen LogP contribution in [0.25, 0.3) is 5.57 Å². The van der Waals surface area contributed by atoms with E-state index in [0.717, 1.165) is 17.7 Å². The molecule has 2 nitrogen and oxygen atoms in total. The predicted molar refractivity (Wildman–Crippen MR) is 83.5 cm³/mol. The summed E-state index contributed by atoms with van der Waals surface area (Å²) in [5, 5.41) is 9.22.